The van der Waals surface area contributed by atoms with Gasteiger partial charge in [-0.25, -0.2) is 4.79 Å². The van der Waals surface area contributed by atoms with Crippen LogP contribution >= 0.6 is 0 Å². The molecule has 0 aromatic heterocycles. The van der Waals surface area contributed by atoms with Crippen molar-refractivity contribution in [1.82, 2.24) is 4.90 Å². The number of methoxy groups -OCH3 is 1. The number of benzene rings is 1. The Labute approximate surface area is 129 Å². The van der Waals surface area contributed by atoms with E-state index < -0.39 is 23.6 Å². The Kier molecular flexibility index (Phi) is 4.30. The average molecular weight is 307 g/mol. The normalized spacial score (nSPS) is 17.6. The van der Waals surface area contributed by atoms with Crippen LogP contribution in [0.2, 0.25) is 0 Å². The third kappa shape index (κ3) is 3.50. The minimum atomic E-state index is -0.959. The van der Waals surface area contributed by atoms with Crippen LogP contribution < -0.4 is 4.74 Å². The summed E-state index contributed by atoms with van der Waals surface area (Å²) in [5.74, 6) is -1.09. The molecular formula is C16H21NO5. The van der Waals surface area contributed by atoms with Gasteiger partial charge in [-0.1, -0.05) is 6.07 Å². The zero-order chi connectivity index (χ0) is 16.5. The first-order valence-electron chi connectivity index (χ1n) is 7.09. The molecule has 1 aliphatic rings. The summed E-state index contributed by atoms with van der Waals surface area (Å²) < 4.78 is 10.5. The number of aliphatic carboxylic acids is 1. The molecule has 0 aliphatic carbocycles. The molecule has 1 atom stereocenters. The Morgan fingerprint density at radius 1 is 1.32 bits per heavy atom. The number of rotatable bonds is 2. The highest BCUT2D eigenvalue weighted by Crippen LogP contribution is 2.32. The highest BCUT2D eigenvalue weighted by molar-refractivity contribution is 5.79. The van der Waals surface area contributed by atoms with Crippen LogP contribution in [-0.2, 0) is 16.1 Å². The lowest BCUT2D eigenvalue weighted by atomic mass is 9.90. The van der Waals surface area contributed by atoms with Crippen molar-refractivity contribution >= 4 is 12.1 Å². The fourth-order valence-electron chi connectivity index (χ4n) is 2.45. The van der Waals surface area contributed by atoms with Gasteiger partial charge in [0.05, 0.1) is 13.0 Å². The SMILES string of the molecule is COc1ccc2c(c1)CN(C(=O)OC(C)(C)C)CC2C(=O)O. The maximum atomic E-state index is 12.2. The Hall–Kier alpha value is -2.24. The number of hydrogen-bond acceptors (Lipinski definition) is 4. The maximum Gasteiger partial charge on any atom is 0.410 e. The molecule has 1 heterocycles. The molecular weight excluding hydrogens is 286 g/mol. The van der Waals surface area contributed by atoms with Crippen LogP contribution in [-0.4, -0.2) is 41.3 Å². The van der Waals surface area contributed by atoms with Gasteiger partial charge in [0.1, 0.15) is 11.4 Å². The molecule has 0 saturated heterocycles. The molecule has 2 rings (SSSR count). The second-order valence-electron chi connectivity index (χ2n) is 6.32. The van der Waals surface area contributed by atoms with Crippen molar-refractivity contribution in [2.75, 3.05) is 13.7 Å². The van der Waals surface area contributed by atoms with E-state index in [1.807, 2.05) is 0 Å². The highest BCUT2D eigenvalue weighted by Gasteiger charge is 2.34. The van der Waals surface area contributed by atoms with Gasteiger partial charge in [-0.15, -0.1) is 0 Å². The molecule has 0 spiro atoms. The van der Waals surface area contributed by atoms with Crippen molar-refractivity contribution in [3.63, 3.8) is 0 Å². The quantitative estimate of drug-likeness (QED) is 0.909. The third-order valence-electron chi connectivity index (χ3n) is 3.44. The molecule has 1 N–H and O–H groups in total. The minimum absolute atomic E-state index is 0.101. The summed E-state index contributed by atoms with van der Waals surface area (Å²) in [5, 5.41) is 9.43. The number of nitrogens with zero attached hydrogens (tertiary/aromatic N) is 1. The van der Waals surface area contributed by atoms with Crippen LogP contribution in [0.15, 0.2) is 18.2 Å². The van der Waals surface area contributed by atoms with E-state index in [4.69, 9.17) is 9.47 Å². The van der Waals surface area contributed by atoms with E-state index >= 15 is 0 Å². The largest absolute Gasteiger partial charge is 0.497 e. The van der Waals surface area contributed by atoms with E-state index in [1.54, 1.807) is 46.1 Å². The maximum absolute atomic E-state index is 12.2. The Bertz CT molecular complexity index is 591. The van der Waals surface area contributed by atoms with E-state index in [-0.39, 0.29) is 6.54 Å². The van der Waals surface area contributed by atoms with Gasteiger partial charge in [0, 0.05) is 13.1 Å². The number of carbonyl (C=O) groups is 2. The molecule has 1 aromatic carbocycles. The van der Waals surface area contributed by atoms with E-state index in [0.29, 0.717) is 17.9 Å². The van der Waals surface area contributed by atoms with Gasteiger partial charge in [0.15, 0.2) is 0 Å². The first kappa shape index (κ1) is 16.1. The molecule has 1 amide bonds. The third-order valence-corrected chi connectivity index (χ3v) is 3.44. The molecule has 0 fully saturated rings. The number of hydrogen-bond donors (Lipinski definition) is 1. The first-order valence-corrected chi connectivity index (χ1v) is 7.09. The van der Waals surface area contributed by atoms with Crippen molar-refractivity contribution < 1.29 is 24.2 Å². The van der Waals surface area contributed by atoms with Crippen LogP contribution in [0, 0.1) is 0 Å². The van der Waals surface area contributed by atoms with Gasteiger partial charge < -0.3 is 19.5 Å². The van der Waals surface area contributed by atoms with Crippen LogP contribution in [0.4, 0.5) is 4.79 Å². The van der Waals surface area contributed by atoms with Gasteiger partial charge in [0.25, 0.3) is 0 Å². The van der Waals surface area contributed by atoms with Crippen molar-refractivity contribution in [2.24, 2.45) is 0 Å². The number of carbonyl (C=O) groups excluding carboxylic acids is 1. The topological polar surface area (TPSA) is 76.1 Å². The Morgan fingerprint density at radius 3 is 2.55 bits per heavy atom. The van der Waals surface area contributed by atoms with Crippen LogP contribution in [0.3, 0.4) is 0 Å². The fourth-order valence-corrected chi connectivity index (χ4v) is 2.45. The monoisotopic (exact) mass is 307 g/mol. The molecule has 0 saturated carbocycles. The number of carboxylic acid groups (broad SMARTS) is 1. The molecule has 6 heteroatoms. The van der Waals surface area contributed by atoms with Gasteiger partial charge >= 0.3 is 12.1 Å². The highest BCUT2D eigenvalue weighted by atomic mass is 16.6. The van der Waals surface area contributed by atoms with E-state index in [9.17, 15) is 14.7 Å². The molecule has 0 bridgehead atoms. The van der Waals surface area contributed by atoms with Crippen LogP contribution in [0.1, 0.15) is 37.8 Å². The van der Waals surface area contributed by atoms with Crippen LogP contribution in [0.5, 0.6) is 5.75 Å². The molecule has 120 valence electrons. The number of amides is 1. The Morgan fingerprint density at radius 2 is 2.00 bits per heavy atom. The van der Waals surface area contributed by atoms with E-state index in [1.165, 1.54) is 4.90 Å². The van der Waals surface area contributed by atoms with E-state index in [0.717, 1.165) is 5.56 Å². The molecule has 6 nitrogen and oxygen atoms in total. The van der Waals surface area contributed by atoms with Gasteiger partial charge in [-0.05, 0) is 44.0 Å². The number of fused-ring (bicyclic) bond motifs is 1. The summed E-state index contributed by atoms with van der Waals surface area (Å²) >= 11 is 0. The van der Waals surface area contributed by atoms with Crippen LogP contribution in [0.25, 0.3) is 0 Å². The second kappa shape index (κ2) is 5.87. The lowest BCUT2D eigenvalue weighted by molar-refractivity contribution is -0.139. The van der Waals surface area contributed by atoms with Gasteiger partial charge in [-0.2, -0.15) is 0 Å². The molecule has 0 radical (unpaired) electrons. The summed E-state index contributed by atoms with van der Waals surface area (Å²) in [6.45, 7) is 5.75. The molecule has 1 aromatic rings. The molecule has 22 heavy (non-hydrogen) atoms. The molecule has 1 aliphatic heterocycles. The van der Waals surface area contributed by atoms with Crippen molar-refractivity contribution in [3.05, 3.63) is 29.3 Å². The zero-order valence-corrected chi connectivity index (χ0v) is 13.3. The second-order valence-corrected chi connectivity index (χ2v) is 6.32. The summed E-state index contributed by atoms with van der Waals surface area (Å²) in [6, 6.07) is 5.25. The summed E-state index contributed by atoms with van der Waals surface area (Å²) in [6.07, 6.45) is -0.507. The number of ether oxygens (including phenoxy) is 2. The lowest BCUT2D eigenvalue weighted by Gasteiger charge is -2.34. The smallest absolute Gasteiger partial charge is 0.410 e. The lowest BCUT2D eigenvalue weighted by Crippen LogP contribution is -2.43. The van der Waals surface area contributed by atoms with Crippen molar-refractivity contribution in [2.45, 2.75) is 38.8 Å². The zero-order valence-electron chi connectivity index (χ0n) is 13.3. The van der Waals surface area contributed by atoms with Crippen molar-refractivity contribution in [1.29, 1.82) is 0 Å². The Balaban J connectivity index is 2.31. The predicted octanol–water partition coefficient (Wildman–Crippen LogP) is 2.61. The van der Waals surface area contributed by atoms with Gasteiger partial charge in [0.2, 0.25) is 0 Å². The van der Waals surface area contributed by atoms with E-state index in [2.05, 4.69) is 0 Å². The minimum Gasteiger partial charge on any atom is -0.497 e. The van der Waals surface area contributed by atoms with Gasteiger partial charge in [-0.3, -0.25) is 4.79 Å². The predicted molar refractivity (Wildman–Crippen MR) is 80.0 cm³/mol. The average Bonchev–Trinajstić information content (AvgIpc) is 2.43. The summed E-state index contributed by atoms with van der Waals surface area (Å²) in [5.41, 5.74) is 0.863. The first-order chi connectivity index (χ1) is 10.2. The van der Waals surface area contributed by atoms with Crippen molar-refractivity contribution in [3.8, 4) is 5.75 Å². The number of carboxylic acids is 1. The standard InChI is InChI=1S/C16H21NO5/c1-16(2,3)22-15(20)17-8-10-7-11(21-4)5-6-12(10)13(9-17)14(18)19/h5-7,13H,8-9H2,1-4H3,(H,18,19). The fraction of sp³-hybridized carbons (Fsp3) is 0.500. The summed E-state index contributed by atoms with van der Waals surface area (Å²) in [7, 11) is 1.55. The summed E-state index contributed by atoms with van der Waals surface area (Å²) in [4.78, 5) is 25.2. The molecule has 1 unspecified atom stereocenters.